The van der Waals surface area contributed by atoms with Crippen molar-refractivity contribution in [3.63, 3.8) is 0 Å². The minimum absolute atomic E-state index is 0. The van der Waals surface area contributed by atoms with Gasteiger partial charge in [-0.05, 0) is 0 Å². The molecule has 0 unspecified atom stereocenters. The van der Waals surface area contributed by atoms with Crippen LogP contribution < -0.4 is 0 Å². The molecule has 0 saturated heterocycles. The molecular formula is H9BaCaF3Sr. The summed E-state index contributed by atoms with van der Waals surface area (Å²) >= 11 is 0. The molecule has 0 heterocycles. The molecule has 6 heteroatoms. The Hall–Kier alpha value is 4.10. The van der Waals surface area contributed by atoms with Gasteiger partial charge in [0, 0.05) is 0 Å². The summed E-state index contributed by atoms with van der Waals surface area (Å²) in [5.74, 6) is 0. The number of rotatable bonds is 0. The van der Waals surface area contributed by atoms with Crippen LogP contribution in [0.1, 0.15) is 0 Å². The van der Waals surface area contributed by atoms with E-state index in [1.807, 2.05) is 0 Å². The van der Waals surface area contributed by atoms with Gasteiger partial charge in [-0.15, -0.1) is 0 Å². The fourth-order valence-electron chi connectivity index (χ4n) is 0. The Labute approximate surface area is 142 Å². The molecule has 0 rings (SSSR count). The average Bonchev–Trinajstić information content (AvgIpc) is 0. The van der Waals surface area contributed by atoms with Gasteiger partial charge in [0.15, 0.2) is 0 Å². The summed E-state index contributed by atoms with van der Waals surface area (Å²) in [4.78, 5) is 0. The molecule has 0 nitrogen and oxygen atoms in total. The van der Waals surface area contributed by atoms with Crippen LogP contribution in [0.3, 0.4) is 0 Å². The van der Waals surface area contributed by atoms with Gasteiger partial charge in [0.1, 0.15) is 0 Å². The van der Waals surface area contributed by atoms with Gasteiger partial charge in [-0.2, -0.15) is 0 Å². The first kappa shape index (κ1) is 49.7. The van der Waals surface area contributed by atoms with E-state index in [9.17, 15) is 0 Å². The molecule has 6 heavy (non-hydrogen) atoms. The molecule has 0 N–H and O–H groups in total. The van der Waals surface area contributed by atoms with Gasteiger partial charge in [0.25, 0.3) is 0 Å². The van der Waals surface area contributed by atoms with Crippen LogP contribution in [0.5, 0.6) is 0 Å². The Morgan fingerprint density at radius 2 is 0.667 bits per heavy atom. The van der Waals surface area contributed by atoms with E-state index >= 15 is 0 Å². The van der Waals surface area contributed by atoms with Gasteiger partial charge in [-0.3, -0.25) is 14.1 Å². The molecule has 0 aromatic rings. The van der Waals surface area contributed by atoms with Crippen molar-refractivity contribution in [2.24, 2.45) is 0 Å². The number of hydrogen-bond acceptors (Lipinski definition) is 0. The van der Waals surface area contributed by atoms with E-state index in [2.05, 4.69) is 0 Å². The van der Waals surface area contributed by atoms with Crippen molar-refractivity contribution in [1.82, 2.24) is 0 Å². The SMILES string of the molecule is F.F.F.[BaH2].[CaH2].[SrH2]. The van der Waals surface area contributed by atoms with Crippen LogP contribution >= 0.6 is 0 Å². The molecule has 36 valence electrons. The Morgan fingerprint density at radius 1 is 0.667 bits per heavy atom. The van der Waals surface area contributed by atoms with E-state index in [4.69, 9.17) is 0 Å². The van der Waals surface area contributed by atoms with Crippen molar-refractivity contribution in [1.29, 1.82) is 0 Å². The predicted octanol–water partition coefficient (Wildman–Crippen LogP) is -2.29. The van der Waals surface area contributed by atoms with E-state index < -0.39 is 0 Å². The molecule has 0 atom stereocenters. The Kier molecular flexibility index (Phi) is 294. The maximum atomic E-state index is 0. The van der Waals surface area contributed by atoms with Gasteiger partial charge in [0.2, 0.25) is 0 Å². The molecule has 0 fully saturated rings. The summed E-state index contributed by atoms with van der Waals surface area (Å²) < 4.78 is 0. The number of halogens is 3. The first-order valence-corrected chi connectivity index (χ1v) is 0. The van der Waals surface area contributed by atoms with Gasteiger partial charge in [-0.1, -0.05) is 0 Å². The maximum absolute atomic E-state index is 0. The minimum atomic E-state index is 0. The van der Waals surface area contributed by atoms with E-state index in [0.29, 0.717) is 0 Å². The molecule has 0 spiro atoms. The van der Waals surface area contributed by atoms with Crippen LogP contribution in [0.4, 0.5) is 14.1 Å². The van der Waals surface area contributed by atoms with Crippen LogP contribution in [0.25, 0.3) is 0 Å². The molecule has 0 amide bonds. The summed E-state index contributed by atoms with van der Waals surface area (Å²) in [5.41, 5.74) is 0. The van der Waals surface area contributed by atoms with Gasteiger partial charge >= 0.3 is 132 Å². The molecule has 0 aromatic heterocycles. The molecule has 0 radical (unpaired) electrons. The fourth-order valence-corrected chi connectivity index (χ4v) is 0. The first-order valence-electron chi connectivity index (χ1n) is 0. The third-order valence-electron chi connectivity index (χ3n) is 0. The van der Waals surface area contributed by atoms with Gasteiger partial charge < -0.3 is 0 Å². The van der Waals surface area contributed by atoms with Crippen molar-refractivity contribution >= 4 is 132 Å². The molecule has 0 aliphatic heterocycles. The molecule has 0 aliphatic carbocycles. The predicted molar refractivity (Wildman–Crippen MR) is 33.1 cm³/mol. The van der Waals surface area contributed by atoms with Crippen molar-refractivity contribution in [3.05, 3.63) is 0 Å². The number of hydrogen-bond donors (Lipinski definition) is 0. The fraction of sp³-hybridized carbons (Fsp3) is 0. The zero-order valence-electron chi connectivity index (χ0n) is 1.22. The van der Waals surface area contributed by atoms with Crippen LogP contribution in [0.15, 0.2) is 0 Å². The summed E-state index contributed by atoms with van der Waals surface area (Å²) in [7, 11) is 0. The Balaban J connectivity index is 0. The standard InChI is InChI=1S/Ba.Ca.3FH.Sr.6H/h;;3*1H;;;;;;;. The van der Waals surface area contributed by atoms with Crippen molar-refractivity contribution in [2.75, 3.05) is 0 Å². The van der Waals surface area contributed by atoms with Crippen LogP contribution in [0.2, 0.25) is 0 Å². The summed E-state index contributed by atoms with van der Waals surface area (Å²) in [5, 5.41) is 0. The monoisotopic (exact) mass is 332 g/mol. The topological polar surface area (TPSA) is 0 Å². The zero-order chi connectivity index (χ0) is 0. The Morgan fingerprint density at radius 3 is 0.667 bits per heavy atom. The summed E-state index contributed by atoms with van der Waals surface area (Å²) in [6, 6.07) is 0. The molecule has 0 saturated carbocycles. The third-order valence-corrected chi connectivity index (χ3v) is 0. The van der Waals surface area contributed by atoms with Crippen LogP contribution in [-0.2, 0) is 0 Å². The van der Waals surface area contributed by atoms with Crippen LogP contribution in [-0.4, -0.2) is 132 Å². The summed E-state index contributed by atoms with van der Waals surface area (Å²) in [6.45, 7) is 0. The molecule has 0 aromatic carbocycles. The van der Waals surface area contributed by atoms with E-state index in [0.717, 1.165) is 0 Å². The Bertz CT molecular complexity index is 10.8. The normalized spacial score (nSPS) is 0. The van der Waals surface area contributed by atoms with Gasteiger partial charge in [-0.25, -0.2) is 0 Å². The van der Waals surface area contributed by atoms with Crippen molar-refractivity contribution in [3.8, 4) is 0 Å². The second-order valence-electron chi connectivity index (χ2n) is 0. The van der Waals surface area contributed by atoms with E-state index in [1.54, 1.807) is 0 Å². The second kappa shape index (κ2) is 35.5. The van der Waals surface area contributed by atoms with Crippen molar-refractivity contribution in [2.45, 2.75) is 0 Å². The first-order chi connectivity index (χ1) is 0. The molecule has 0 aliphatic rings. The van der Waals surface area contributed by atoms with E-state index in [1.165, 1.54) is 0 Å². The average molecular weight is 331 g/mol. The zero-order valence-corrected chi connectivity index (χ0v) is 1.22. The van der Waals surface area contributed by atoms with Crippen LogP contribution in [0, 0.1) is 0 Å². The van der Waals surface area contributed by atoms with E-state index in [-0.39, 0.29) is 146 Å². The van der Waals surface area contributed by atoms with Gasteiger partial charge in [0.05, 0.1) is 0 Å². The molecule has 0 bridgehead atoms. The second-order valence-corrected chi connectivity index (χ2v) is 0. The quantitative estimate of drug-likeness (QED) is 0.439. The third kappa shape index (κ3) is 24.3. The molecular weight excluding hydrogens is 322 g/mol. The van der Waals surface area contributed by atoms with Crippen molar-refractivity contribution < 1.29 is 14.1 Å². The summed E-state index contributed by atoms with van der Waals surface area (Å²) in [6.07, 6.45) is 0.